The first-order valence-corrected chi connectivity index (χ1v) is 3.87. The Kier molecular flexibility index (Phi) is 4.10. The fraction of sp³-hybridized carbons (Fsp3) is 0.625. The van der Waals surface area contributed by atoms with Crippen molar-refractivity contribution in [2.45, 2.75) is 19.9 Å². The van der Waals surface area contributed by atoms with Crippen LogP contribution >= 0.6 is 0 Å². The van der Waals surface area contributed by atoms with E-state index in [1.54, 1.807) is 0 Å². The van der Waals surface area contributed by atoms with Gasteiger partial charge in [-0.25, -0.2) is 0 Å². The molecule has 0 aromatic carbocycles. The van der Waals surface area contributed by atoms with Gasteiger partial charge in [-0.1, -0.05) is 0 Å². The van der Waals surface area contributed by atoms with Crippen molar-refractivity contribution < 1.29 is 14.4 Å². The van der Waals surface area contributed by atoms with Crippen LogP contribution in [-0.2, 0) is 14.4 Å². The van der Waals surface area contributed by atoms with E-state index in [2.05, 4.69) is 5.32 Å². The second-order valence-corrected chi connectivity index (χ2v) is 2.76. The second-order valence-electron chi connectivity index (χ2n) is 2.76. The first-order valence-electron chi connectivity index (χ1n) is 3.87. The molecule has 1 atom stereocenters. The molecule has 0 spiro atoms. The molecule has 74 valence electrons. The highest BCUT2D eigenvalue weighted by atomic mass is 16.2. The molecule has 0 aliphatic carbocycles. The van der Waals surface area contributed by atoms with E-state index >= 15 is 0 Å². The third-order valence-corrected chi connectivity index (χ3v) is 1.76. The SMILES string of the molecule is CNC(=O)C(C(C)=O)N(C)C(C)=O. The number of likely N-dealkylation sites (N-methyl/N-ethyl adjacent to an activating group) is 2. The highest BCUT2D eigenvalue weighted by molar-refractivity contribution is 6.06. The molecule has 0 saturated carbocycles. The topological polar surface area (TPSA) is 66.5 Å². The Morgan fingerprint density at radius 1 is 1.23 bits per heavy atom. The van der Waals surface area contributed by atoms with Gasteiger partial charge >= 0.3 is 0 Å². The fourth-order valence-corrected chi connectivity index (χ4v) is 0.952. The van der Waals surface area contributed by atoms with E-state index < -0.39 is 11.9 Å². The van der Waals surface area contributed by atoms with Crippen LogP contribution in [0, 0.1) is 0 Å². The monoisotopic (exact) mass is 186 g/mol. The molecule has 13 heavy (non-hydrogen) atoms. The van der Waals surface area contributed by atoms with Gasteiger partial charge in [0.15, 0.2) is 11.8 Å². The average molecular weight is 186 g/mol. The third kappa shape index (κ3) is 2.85. The lowest BCUT2D eigenvalue weighted by molar-refractivity contribution is -0.143. The Morgan fingerprint density at radius 3 is 1.92 bits per heavy atom. The van der Waals surface area contributed by atoms with Crippen LogP contribution in [0.15, 0.2) is 0 Å². The highest BCUT2D eigenvalue weighted by Crippen LogP contribution is 1.98. The van der Waals surface area contributed by atoms with E-state index in [9.17, 15) is 14.4 Å². The number of carbonyl (C=O) groups is 3. The quantitative estimate of drug-likeness (QED) is 0.585. The molecule has 0 heterocycles. The average Bonchev–Trinajstić information content (AvgIpc) is 2.03. The van der Waals surface area contributed by atoms with Gasteiger partial charge in [0.05, 0.1) is 0 Å². The van der Waals surface area contributed by atoms with E-state index in [0.717, 1.165) is 4.90 Å². The molecule has 0 aromatic heterocycles. The maximum absolute atomic E-state index is 11.2. The minimum atomic E-state index is -1.01. The predicted octanol–water partition coefficient (Wildman–Crippen LogP) is -0.832. The fourth-order valence-electron chi connectivity index (χ4n) is 0.952. The molecule has 5 nitrogen and oxygen atoms in total. The highest BCUT2D eigenvalue weighted by Gasteiger charge is 2.28. The smallest absolute Gasteiger partial charge is 0.250 e. The van der Waals surface area contributed by atoms with E-state index in [4.69, 9.17) is 0 Å². The van der Waals surface area contributed by atoms with Crippen molar-refractivity contribution in [3.8, 4) is 0 Å². The predicted molar refractivity (Wildman–Crippen MR) is 47.0 cm³/mol. The molecular weight excluding hydrogens is 172 g/mol. The first kappa shape index (κ1) is 11.6. The summed E-state index contributed by atoms with van der Waals surface area (Å²) in [7, 11) is 2.84. The summed E-state index contributed by atoms with van der Waals surface area (Å²) in [5.74, 6) is -1.13. The van der Waals surface area contributed by atoms with Crippen molar-refractivity contribution in [1.82, 2.24) is 10.2 Å². The molecule has 0 aliphatic rings. The molecule has 0 bridgehead atoms. The number of nitrogens with zero attached hydrogens (tertiary/aromatic N) is 1. The Morgan fingerprint density at radius 2 is 1.69 bits per heavy atom. The van der Waals surface area contributed by atoms with Crippen LogP contribution in [-0.4, -0.2) is 42.6 Å². The first-order chi connectivity index (χ1) is 5.91. The van der Waals surface area contributed by atoms with Gasteiger partial charge in [-0.3, -0.25) is 14.4 Å². The van der Waals surface area contributed by atoms with E-state index in [-0.39, 0.29) is 11.7 Å². The van der Waals surface area contributed by atoms with Crippen LogP contribution < -0.4 is 5.32 Å². The standard InChI is InChI=1S/C8H14N2O3/c1-5(11)7(8(13)9-3)10(4)6(2)12/h7H,1-4H3,(H,9,13). The number of hydrogen-bond donors (Lipinski definition) is 1. The molecule has 0 rings (SSSR count). The van der Waals surface area contributed by atoms with Crippen LogP contribution in [0.4, 0.5) is 0 Å². The number of Topliss-reactive ketones (excluding diaryl/α,β-unsaturated/α-hetero) is 1. The number of rotatable bonds is 3. The van der Waals surface area contributed by atoms with Crippen LogP contribution in [0.25, 0.3) is 0 Å². The summed E-state index contributed by atoms with van der Waals surface area (Å²) in [5, 5.41) is 2.33. The minimum Gasteiger partial charge on any atom is -0.357 e. The number of nitrogens with one attached hydrogen (secondary N) is 1. The van der Waals surface area contributed by atoms with Crippen molar-refractivity contribution in [2.24, 2.45) is 0 Å². The summed E-state index contributed by atoms with van der Waals surface area (Å²) < 4.78 is 0. The minimum absolute atomic E-state index is 0.316. The molecule has 0 saturated heterocycles. The lowest BCUT2D eigenvalue weighted by Gasteiger charge is -2.22. The Bertz CT molecular complexity index is 238. The molecule has 0 fully saturated rings. The zero-order valence-electron chi connectivity index (χ0n) is 8.25. The van der Waals surface area contributed by atoms with Gasteiger partial charge in [0.25, 0.3) is 0 Å². The lowest BCUT2D eigenvalue weighted by Crippen LogP contribution is -2.50. The molecule has 0 aliphatic heterocycles. The van der Waals surface area contributed by atoms with Gasteiger partial charge in [0.1, 0.15) is 0 Å². The number of hydrogen-bond acceptors (Lipinski definition) is 3. The molecule has 1 unspecified atom stereocenters. The Hall–Kier alpha value is -1.39. The zero-order valence-corrected chi connectivity index (χ0v) is 8.25. The van der Waals surface area contributed by atoms with Gasteiger partial charge in [-0.15, -0.1) is 0 Å². The number of amides is 2. The molecule has 0 radical (unpaired) electrons. The van der Waals surface area contributed by atoms with Crippen LogP contribution in [0.5, 0.6) is 0 Å². The summed E-state index contributed by atoms with van der Waals surface area (Å²) in [4.78, 5) is 34.2. The van der Waals surface area contributed by atoms with Crippen molar-refractivity contribution in [2.75, 3.05) is 14.1 Å². The maximum Gasteiger partial charge on any atom is 0.250 e. The molecule has 2 amide bonds. The van der Waals surface area contributed by atoms with Crippen molar-refractivity contribution in [1.29, 1.82) is 0 Å². The Balaban J connectivity index is 4.71. The number of carbonyl (C=O) groups excluding carboxylic acids is 3. The summed E-state index contributed by atoms with van der Waals surface area (Å²) in [6.45, 7) is 2.58. The van der Waals surface area contributed by atoms with Gasteiger partial charge in [0.2, 0.25) is 11.8 Å². The van der Waals surface area contributed by atoms with Crippen molar-refractivity contribution in [3.63, 3.8) is 0 Å². The summed E-state index contributed by atoms with van der Waals surface area (Å²) in [5.41, 5.74) is 0. The second kappa shape index (κ2) is 4.59. The molecule has 5 heteroatoms. The van der Waals surface area contributed by atoms with Gasteiger partial charge in [0, 0.05) is 21.0 Å². The summed E-state index contributed by atoms with van der Waals surface area (Å²) in [6.07, 6.45) is 0. The van der Waals surface area contributed by atoms with Crippen LogP contribution in [0.2, 0.25) is 0 Å². The zero-order chi connectivity index (χ0) is 10.6. The van der Waals surface area contributed by atoms with E-state index in [1.807, 2.05) is 0 Å². The summed E-state index contributed by atoms with van der Waals surface area (Å²) >= 11 is 0. The van der Waals surface area contributed by atoms with Crippen LogP contribution in [0.3, 0.4) is 0 Å². The number of ketones is 1. The molecule has 0 aromatic rings. The third-order valence-electron chi connectivity index (χ3n) is 1.76. The van der Waals surface area contributed by atoms with Gasteiger partial charge < -0.3 is 10.2 Å². The maximum atomic E-state index is 11.2. The van der Waals surface area contributed by atoms with E-state index in [1.165, 1.54) is 27.9 Å². The van der Waals surface area contributed by atoms with Crippen LogP contribution in [0.1, 0.15) is 13.8 Å². The van der Waals surface area contributed by atoms with Crippen molar-refractivity contribution >= 4 is 17.6 Å². The largest absolute Gasteiger partial charge is 0.357 e. The van der Waals surface area contributed by atoms with Gasteiger partial charge in [-0.05, 0) is 6.92 Å². The Labute approximate surface area is 77.1 Å². The summed E-state index contributed by atoms with van der Waals surface area (Å²) in [6, 6.07) is -1.01. The molecular formula is C8H14N2O3. The lowest BCUT2D eigenvalue weighted by atomic mass is 10.1. The molecule has 1 N–H and O–H groups in total. The van der Waals surface area contributed by atoms with E-state index in [0.29, 0.717) is 0 Å². The van der Waals surface area contributed by atoms with Crippen molar-refractivity contribution in [3.05, 3.63) is 0 Å². The van der Waals surface area contributed by atoms with Gasteiger partial charge in [-0.2, -0.15) is 0 Å². The normalized spacial score (nSPS) is 11.7.